The fourth-order valence-electron chi connectivity index (χ4n) is 2.06. The monoisotopic (exact) mass is 300 g/mol. The Kier molecular flexibility index (Phi) is 6.65. The average molecular weight is 300 g/mol. The van der Waals surface area contributed by atoms with Crippen molar-refractivity contribution in [3.8, 4) is 11.8 Å². The van der Waals surface area contributed by atoms with E-state index in [9.17, 15) is 9.59 Å². The molecule has 2 amide bonds. The molecule has 1 aromatic rings. The van der Waals surface area contributed by atoms with Gasteiger partial charge < -0.3 is 10.2 Å². The SMILES string of the molecule is CC#CC(=O)N(CC(=O)Nc1cccc(C)c1C)C(C)CC. The standard InChI is InChI=1S/C18H24N2O2/c1-6-9-18(22)20(14(4)7-2)12-17(21)19-16-11-8-10-13(3)15(16)5/h8,10-11,14H,7,12H2,1-5H3,(H,19,21). The van der Waals surface area contributed by atoms with Crippen molar-refractivity contribution < 1.29 is 9.59 Å². The number of nitrogens with zero attached hydrogens (tertiary/aromatic N) is 1. The van der Waals surface area contributed by atoms with Crippen LogP contribution in [0.3, 0.4) is 0 Å². The van der Waals surface area contributed by atoms with Crippen LogP contribution in [0.25, 0.3) is 0 Å². The molecule has 0 heterocycles. The van der Waals surface area contributed by atoms with Crippen molar-refractivity contribution in [3.63, 3.8) is 0 Å². The Balaban J connectivity index is 2.84. The van der Waals surface area contributed by atoms with Crippen LogP contribution in [0.5, 0.6) is 0 Å². The molecule has 1 aromatic carbocycles. The zero-order chi connectivity index (χ0) is 16.7. The molecular formula is C18H24N2O2. The molecule has 22 heavy (non-hydrogen) atoms. The molecule has 0 fully saturated rings. The summed E-state index contributed by atoms with van der Waals surface area (Å²) in [5.41, 5.74) is 2.93. The molecule has 118 valence electrons. The van der Waals surface area contributed by atoms with E-state index < -0.39 is 0 Å². The molecule has 0 aliphatic heterocycles. The van der Waals surface area contributed by atoms with Crippen LogP contribution >= 0.6 is 0 Å². The van der Waals surface area contributed by atoms with Gasteiger partial charge in [-0.2, -0.15) is 0 Å². The van der Waals surface area contributed by atoms with Gasteiger partial charge >= 0.3 is 0 Å². The van der Waals surface area contributed by atoms with Gasteiger partial charge in [0.15, 0.2) is 0 Å². The lowest BCUT2D eigenvalue weighted by molar-refractivity contribution is -0.131. The Hall–Kier alpha value is -2.28. The Bertz CT molecular complexity index is 611. The van der Waals surface area contributed by atoms with Crippen molar-refractivity contribution in [1.82, 2.24) is 4.90 Å². The molecule has 0 saturated carbocycles. The largest absolute Gasteiger partial charge is 0.324 e. The molecule has 0 aromatic heterocycles. The Morgan fingerprint density at radius 1 is 1.32 bits per heavy atom. The summed E-state index contributed by atoms with van der Waals surface area (Å²) < 4.78 is 0. The predicted molar refractivity (Wildman–Crippen MR) is 89.5 cm³/mol. The zero-order valence-electron chi connectivity index (χ0n) is 14.0. The van der Waals surface area contributed by atoms with Gasteiger partial charge in [-0.3, -0.25) is 9.59 Å². The molecule has 0 spiro atoms. The lowest BCUT2D eigenvalue weighted by Gasteiger charge is -2.26. The molecule has 1 N–H and O–H groups in total. The quantitative estimate of drug-likeness (QED) is 0.850. The maximum atomic E-state index is 12.3. The van der Waals surface area contributed by atoms with E-state index in [0.29, 0.717) is 0 Å². The molecule has 4 nitrogen and oxygen atoms in total. The second-order valence-electron chi connectivity index (χ2n) is 5.36. The summed E-state index contributed by atoms with van der Waals surface area (Å²) in [5.74, 6) is 4.58. The van der Waals surface area contributed by atoms with Crippen molar-refractivity contribution in [2.45, 2.75) is 47.1 Å². The molecule has 1 unspecified atom stereocenters. The molecular weight excluding hydrogens is 276 g/mol. The fourth-order valence-corrected chi connectivity index (χ4v) is 2.06. The Morgan fingerprint density at radius 2 is 2.00 bits per heavy atom. The number of carbonyl (C=O) groups excluding carboxylic acids is 2. The average Bonchev–Trinajstić information content (AvgIpc) is 2.49. The second-order valence-corrected chi connectivity index (χ2v) is 5.36. The Morgan fingerprint density at radius 3 is 2.59 bits per heavy atom. The van der Waals surface area contributed by atoms with Crippen molar-refractivity contribution in [3.05, 3.63) is 29.3 Å². The van der Waals surface area contributed by atoms with Gasteiger partial charge in [-0.1, -0.05) is 25.0 Å². The Labute approximate surface area is 132 Å². The molecule has 1 rings (SSSR count). The van der Waals surface area contributed by atoms with E-state index in [4.69, 9.17) is 0 Å². The maximum Gasteiger partial charge on any atom is 0.299 e. The number of anilines is 1. The summed E-state index contributed by atoms with van der Waals surface area (Å²) in [7, 11) is 0. The number of hydrogen-bond donors (Lipinski definition) is 1. The van der Waals surface area contributed by atoms with Gasteiger partial charge in [-0.25, -0.2) is 0 Å². The first kappa shape index (κ1) is 17.8. The van der Waals surface area contributed by atoms with Crippen LogP contribution in [0.1, 0.15) is 38.3 Å². The number of amides is 2. The summed E-state index contributed by atoms with van der Waals surface area (Å²) >= 11 is 0. The van der Waals surface area contributed by atoms with Gasteiger partial charge in [0, 0.05) is 11.7 Å². The zero-order valence-corrected chi connectivity index (χ0v) is 14.0. The van der Waals surface area contributed by atoms with E-state index in [0.717, 1.165) is 23.2 Å². The van der Waals surface area contributed by atoms with Crippen molar-refractivity contribution in [2.75, 3.05) is 11.9 Å². The highest BCUT2D eigenvalue weighted by Gasteiger charge is 2.20. The second kappa shape index (κ2) is 8.23. The summed E-state index contributed by atoms with van der Waals surface area (Å²) in [4.78, 5) is 25.8. The van der Waals surface area contributed by atoms with E-state index in [1.807, 2.05) is 45.9 Å². The fraction of sp³-hybridized carbons (Fsp3) is 0.444. The summed E-state index contributed by atoms with van der Waals surface area (Å²) in [6, 6.07) is 5.73. The number of benzene rings is 1. The maximum absolute atomic E-state index is 12.3. The van der Waals surface area contributed by atoms with Crippen LogP contribution in [0.15, 0.2) is 18.2 Å². The van der Waals surface area contributed by atoms with Crippen LogP contribution < -0.4 is 5.32 Å². The molecule has 0 aliphatic rings. The molecule has 0 radical (unpaired) electrons. The topological polar surface area (TPSA) is 49.4 Å². The first-order valence-electron chi connectivity index (χ1n) is 7.50. The van der Waals surface area contributed by atoms with Gasteiger partial charge in [0.05, 0.1) is 0 Å². The molecule has 1 atom stereocenters. The van der Waals surface area contributed by atoms with Gasteiger partial charge in [0.1, 0.15) is 6.54 Å². The minimum Gasteiger partial charge on any atom is -0.324 e. The van der Waals surface area contributed by atoms with E-state index in [1.54, 1.807) is 6.92 Å². The van der Waals surface area contributed by atoms with Gasteiger partial charge in [-0.05, 0) is 57.2 Å². The van der Waals surface area contributed by atoms with Crippen LogP contribution in [0, 0.1) is 25.7 Å². The van der Waals surface area contributed by atoms with Crippen LogP contribution in [0.4, 0.5) is 5.69 Å². The van der Waals surface area contributed by atoms with Crippen molar-refractivity contribution in [2.24, 2.45) is 0 Å². The third-order valence-electron chi connectivity index (χ3n) is 3.81. The highest BCUT2D eigenvalue weighted by Crippen LogP contribution is 2.18. The van der Waals surface area contributed by atoms with E-state index in [-0.39, 0.29) is 24.4 Å². The van der Waals surface area contributed by atoms with Crippen molar-refractivity contribution in [1.29, 1.82) is 0 Å². The highest BCUT2D eigenvalue weighted by atomic mass is 16.2. The summed E-state index contributed by atoms with van der Waals surface area (Å²) in [6.07, 6.45) is 0.772. The number of carbonyl (C=O) groups is 2. The van der Waals surface area contributed by atoms with E-state index in [1.165, 1.54) is 4.90 Å². The lowest BCUT2D eigenvalue weighted by atomic mass is 10.1. The number of rotatable bonds is 5. The summed E-state index contributed by atoms with van der Waals surface area (Å²) in [5, 5.41) is 2.88. The van der Waals surface area contributed by atoms with Gasteiger partial charge in [0.2, 0.25) is 5.91 Å². The van der Waals surface area contributed by atoms with E-state index >= 15 is 0 Å². The third kappa shape index (κ3) is 4.63. The minimum absolute atomic E-state index is 0.00982. The summed E-state index contributed by atoms with van der Waals surface area (Å²) in [6.45, 7) is 9.48. The van der Waals surface area contributed by atoms with Crippen LogP contribution in [-0.2, 0) is 9.59 Å². The van der Waals surface area contributed by atoms with E-state index in [2.05, 4.69) is 17.2 Å². The normalized spacial score (nSPS) is 11.1. The van der Waals surface area contributed by atoms with Gasteiger partial charge in [0.25, 0.3) is 5.91 Å². The number of aryl methyl sites for hydroxylation is 1. The lowest BCUT2D eigenvalue weighted by Crippen LogP contribution is -2.42. The predicted octanol–water partition coefficient (Wildman–Crippen LogP) is 2.89. The van der Waals surface area contributed by atoms with Crippen LogP contribution in [0.2, 0.25) is 0 Å². The highest BCUT2D eigenvalue weighted by molar-refractivity contribution is 5.99. The first-order valence-corrected chi connectivity index (χ1v) is 7.50. The minimum atomic E-state index is -0.312. The smallest absolute Gasteiger partial charge is 0.299 e. The molecule has 0 bridgehead atoms. The van der Waals surface area contributed by atoms with Gasteiger partial charge in [-0.15, -0.1) is 0 Å². The number of nitrogens with one attached hydrogen (secondary N) is 1. The molecule has 0 aliphatic carbocycles. The van der Waals surface area contributed by atoms with Crippen molar-refractivity contribution >= 4 is 17.5 Å². The third-order valence-corrected chi connectivity index (χ3v) is 3.81. The first-order chi connectivity index (χ1) is 10.4. The number of hydrogen-bond acceptors (Lipinski definition) is 2. The molecule has 0 saturated heterocycles. The van der Waals surface area contributed by atoms with Crippen LogP contribution in [-0.4, -0.2) is 29.3 Å². The molecule has 4 heteroatoms.